The number of nitrogens with zero attached hydrogens (tertiary/aromatic N) is 1. The first-order valence-electron chi connectivity index (χ1n) is 5.47. The van der Waals surface area contributed by atoms with Crippen molar-refractivity contribution in [2.75, 3.05) is 0 Å². The third-order valence-electron chi connectivity index (χ3n) is 2.77. The Kier molecular flexibility index (Phi) is 2.34. The highest BCUT2D eigenvalue weighted by molar-refractivity contribution is 5.84. The lowest BCUT2D eigenvalue weighted by Gasteiger charge is -1.93. The molecule has 88 valence electrons. The number of furan rings is 1. The molecule has 4 nitrogen and oxygen atoms in total. The van der Waals surface area contributed by atoms with E-state index in [1.54, 1.807) is 6.07 Å². The van der Waals surface area contributed by atoms with Crippen LogP contribution >= 0.6 is 0 Å². The molecular formula is C14H9NO3. The molecule has 18 heavy (non-hydrogen) atoms. The predicted molar refractivity (Wildman–Crippen MR) is 68.3 cm³/mol. The minimum Gasteiger partial charge on any atom is -0.456 e. The summed E-state index contributed by atoms with van der Waals surface area (Å²) in [5.41, 5.74) is 1.68. The number of hydrogen-bond acceptors (Lipinski definition) is 3. The summed E-state index contributed by atoms with van der Waals surface area (Å²) in [4.78, 5) is 10.3. The maximum atomic E-state index is 10.7. The molecule has 0 atom stereocenters. The van der Waals surface area contributed by atoms with Crippen LogP contribution in [0.15, 0.2) is 59.0 Å². The summed E-state index contributed by atoms with van der Waals surface area (Å²) in [6.45, 7) is 0. The van der Waals surface area contributed by atoms with Crippen LogP contribution in [0, 0.1) is 10.1 Å². The first-order chi connectivity index (χ1) is 8.74. The van der Waals surface area contributed by atoms with Gasteiger partial charge in [0, 0.05) is 23.1 Å². The van der Waals surface area contributed by atoms with Crippen molar-refractivity contribution < 1.29 is 9.34 Å². The van der Waals surface area contributed by atoms with Crippen LogP contribution in [-0.4, -0.2) is 4.92 Å². The van der Waals surface area contributed by atoms with Gasteiger partial charge in [-0.2, -0.15) is 0 Å². The van der Waals surface area contributed by atoms with Gasteiger partial charge in [-0.1, -0.05) is 30.3 Å². The Balaban J connectivity index is 2.14. The van der Waals surface area contributed by atoms with E-state index in [0.29, 0.717) is 11.3 Å². The van der Waals surface area contributed by atoms with Gasteiger partial charge in [0.1, 0.15) is 11.3 Å². The molecule has 1 aromatic heterocycles. The Morgan fingerprint density at radius 3 is 2.50 bits per heavy atom. The van der Waals surface area contributed by atoms with Crippen LogP contribution in [0.5, 0.6) is 0 Å². The molecule has 0 aliphatic carbocycles. The molecule has 3 aromatic rings. The van der Waals surface area contributed by atoms with Crippen molar-refractivity contribution in [1.29, 1.82) is 0 Å². The van der Waals surface area contributed by atoms with Gasteiger partial charge >= 0.3 is 0 Å². The Labute approximate surface area is 103 Å². The van der Waals surface area contributed by atoms with Gasteiger partial charge in [-0.25, -0.2) is 0 Å². The molecule has 0 saturated carbocycles. The summed E-state index contributed by atoms with van der Waals surface area (Å²) in [5.74, 6) is 0.714. The Hall–Kier alpha value is -2.62. The van der Waals surface area contributed by atoms with Gasteiger partial charge in [-0.15, -0.1) is 0 Å². The molecular weight excluding hydrogens is 230 g/mol. The molecule has 0 fully saturated rings. The number of benzene rings is 2. The van der Waals surface area contributed by atoms with Gasteiger partial charge in [0.25, 0.3) is 5.69 Å². The van der Waals surface area contributed by atoms with Gasteiger partial charge in [0.2, 0.25) is 0 Å². The molecule has 0 saturated heterocycles. The van der Waals surface area contributed by atoms with E-state index >= 15 is 0 Å². The normalized spacial score (nSPS) is 10.7. The molecule has 1 heterocycles. The molecule has 0 aliphatic heterocycles. The van der Waals surface area contributed by atoms with Crippen LogP contribution in [0.25, 0.3) is 22.3 Å². The lowest BCUT2D eigenvalue weighted by Crippen LogP contribution is -1.85. The summed E-state index contributed by atoms with van der Waals surface area (Å²) >= 11 is 0. The third-order valence-corrected chi connectivity index (χ3v) is 2.77. The molecule has 3 rings (SSSR count). The highest BCUT2D eigenvalue weighted by atomic mass is 16.6. The average Bonchev–Trinajstić information content (AvgIpc) is 2.82. The zero-order chi connectivity index (χ0) is 12.5. The van der Waals surface area contributed by atoms with Crippen molar-refractivity contribution in [2.24, 2.45) is 0 Å². The van der Waals surface area contributed by atoms with E-state index in [4.69, 9.17) is 4.42 Å². The van der Waals surface area contributed by atoms with E-state index in [2.05, 4.69) is 0 Å². The first kappa shape index (κ1) is 10.5. The number of non-ortho nitro benzene ring substituents is 1. The van der Waals surface area contributed by atoms with Crippen molar-refractivity contribution in [3.63, 3.8) is 0 Å². The summed E-state index contributed by atoms with van der Waals surface area (Å²) < 4.78 is 5.67. The molecule has 0 amide bonds. The molecule has 0 bridgehead atoms. The average molecular weight is 239 g/mol. The minimum atomic E-state index is -0.408. The van der Waals surface area contributed by atoms with Gasteiger partial charge in [0.05, 0.1) is 4.92 Å². The lowest BCUT2D eigenvalue weighted by atomic mass is 10.1. The van der Waals surface area contributed by atoms with E-state index in [1.165, 1.54) is 12.1 Å². The monoisotopic (exact) mass is 239 g/mol. The molecule has 4 heteroatoms. The maximum absolute atomic E-state index is 10.7. The molecule has 0 radical (unpaired) electrons. The largest absolute Gasteiger partial charge is 0.456 e. The second kappa shape index (κ2) is 4.00. The van der Waals surface area contributed by atoms with Gasteiger partial charge in [-0.3, -0.25) is 10.1 Å². The van der Waals surface area contributed by atoms with Crippen molar-refractivity contribution in [3.05, 3.63) is 64.7 Å². The van der Waals surface area contributed by atoms with Gasteiger partial charge in [-0.05, 0) is 12.1 Å². The van der Waals surface area contributed by atoms with E-state index in [9.17, 15) is 10.1 Å². The van der Waals surface area contributed by atoms with E-state index < -0.39 is 4.92 Å². The van der Waals surface area contributed by atoms with E-state index in [-0.39, 0.29) is 5.69 Å². The van der Waals surface area contributed by atoms with Crippen LogP contribution in [0.3, 0.4) is 0 Å². The van der Waals surface area contributed by atoms with Crippen LogP contribution in [-0.2, 0) is 0 Å². The number of rotatable bonds is 2. The summed E-state index contributed by atoms with van der Waals surface area (Å²) in [7, 11) is 0. The first-order valence-corrected chi connectivity index (χ1v) is 5.47. The topological polar surface area (TPSA) is 56.3 Å². The van der Waals surface area contributed by atoms with Crippen LogP contribution in [0.2, 0.25) is 0 Å². The molecule has 2 aromatic carbocycles. The summed E-state index contributed by atoms with van der Waals surface area (Å²) in [5, 5.41) is 11.4. The fraction of sp³-hybridized carbons (Fsp3) is 0. The fourth-order valence-corrected chi connectivity index (χ4v) is 1.89. The van der Waals surface area contributed by atoms with E-state index in [1.807, 2.05) is 36.4 Å². The number of fused-ring (bicyclic) bond motifs is 1. The summed E-state index contributed by atoms with van der Waals surface area (Å²) in [6.07, 6.45) is 0. The zero-order valence-electron chi connectivity index (χ0n) is 9.37. The quantitative estimate of drug-likeness (QED) is 0.501. The highest BCUT2D eigenvalue weighted by Gasteiger charge is 2.10. The lowest BCUT2D eigenvalue weighted by molar-refractivity contribution is -0.384. The second-order valence-electron chi connectivity index (χ2n) is 3.96. The molecule has 0 spiro atoms. The molecule has 0 aliphatic rings. The standard InChI is InChI=1S/C14H9NO3/c16-15(17)12-6-7-13-11(8-12)9-14(18-13)10-4-2-1-3-5-10/h1-9H. The SMILES string of the molecule is O=[N+]([O-])c1ccc2oc(-c3ccccc3)cc2c1. The third kappa shape index (κ3) is 1.73. The Bertz CT molecular complexity index is 716. The van der Waals surface area contributed by atoms with Crippen LogP contribution < -0.4 is 0 Å². The zero-order valence-corrected chi connectivity index (χ0v) is 9.37. The van der Waals surface area contributed by atoms with Gasteiger partial charge in [0.15, 0.2) is 0 Å². The smallest absolute Gasteiger partial charge is 0.270 e. The second-order valence-corrected chi connectivity index (χ2v) is 3.96. The Morgan fingerprint density at radius 1 is 1.00 bits per heavy atom. The van der Waals surface area contributed by atoms with Crippen LogP contribution in [0.1, 0.15) is 0 Å². The van der Waals surface area contributed by atoms with Crippen molar-refractivity contribution in [1.82, 2.24) is 0 Å². The molecule has 0 unspecified atom stereocenters. The number of nitro benzene ring substituents is 1. The summed E-state index contributed by atoms with van der Waals surface area (Å²) in [6, 6.07) is 16.1. The van der Waals surface area contributed by atoms with Crippen molar-refractivity contribution >= 4 is 16.7 Å². The highest BCUT2D eigenvalue weighted by Crippen LogP contribution is 2.29. The van der Waals surface area contributed by atoms with Gasteiger partial charge < -0.3 is 4.42 Å². The number of nitro groups is 1. The predicted octanol–water partition coefficient (Wildman–Crippen LogP) is 4.01. The number of hydrogen-bond donors (Lipinski definition) is 0. The van der Waals surface area contributed by atoms with E-state index in [0.717, 1.165) is 10.9 Å². The molecule has 0 N–H and O–H groups in total. The maximum Gasteiger partial charge on any atom is 0.270 e. The fourth-order valence-electron chi connectivity index (χ4n) is 1.89. The van der Waals surface area contributed by atoms with Crippen molar-refractivity contribution in [3.8, 4) is 11.3 Å². The minimum absolute atomic E-state index is 0.0721. The van der Waals surface area contributed by atoms with Crippen molar-refractivity contribution in [2.45, 2.75) is 0 Å². The van der Waals surface area contributed by atoms with Crippen LogP contribution in [0.4, 0.5) is 5.69 Å². The Morgan fingerprint density at radius 2 is 1.78 bits per heavy atom.